The van der Waals surface area contributed by atoms with Crippen LogP contribution in [0.25, 0.3) is 21.8 Å². The molecule has 136 valence electrons. The monoisotopic (exact) mass is 384 g/mol. The fraction of sp³-hybridized carbons (Fsp3) is 0. The van der Waals surface area contributed by atoms with Crippen LogP contribution >= 0.6 is 24.8 Å². The third-order valence-electron chi connectivity index (χ3n) is 3.02. The summed E-state index contributed by atoms with van der Waals surface area (Å²) in [6.45, 7) is 0. The molecular weight excluding hydrogens is 363 g/mol. The van der Waals surface area contributed by atoms with E-state index in [4.69, 9.17) is 0 Å². The second kappa shape index (κ2) is 14.1. The Morgan fingerprint density at radius 2 is 0.760 bits per heavy atom. The number of hydrogen-bond donors (Lipinski definition) is 0. The van der Waals surface area contributed by atoms with E-state index >= 15 is 0 Å². The highest BCUT2D eigenvalue weighted by Gasteiger charge is 1.87. The maximum absolute atomic E-state index is 4.18. The highest BCUT2D eigenvalue weighted by molar-refractivity contribution is 5.85. The van der Waals surface area contributed by atoms with Gasteiger partial charge in [0, 0.05) is 23.2 Å². The van der Waals surface area contributed by atoms with Crippen molar-refractivity contribution in [3.63, 3.8) is 0 Å². The maximum atomic E-state index is 4.18. The van der Waals surface area contributed by atoms with Gasteiger partial charge in [-0.05, 0) is 24.3 Å². The highest BCUT2D eigenvalue weighted by Crippen LogP contribution is 2.08. The number of nitrogens with zero attached hydrogens (tertiary/aromatic N) is 2. The predicted octanol–water partition coefficient (Wildman–Crippen LogP) is 2.84. The molecule has 0 aliphatic rings. The van der Waals surface area contributed by atoms with E-state index in [2.05, 4.69) is 34.2 Å². The highest BCUT2D eigenvalue weighted by atomic mass is 35.5. The van der Waals surface area contributed by atoms with Crippen molar-refractivity contribution in [3.8, 4) is 0 Å². The molecule has 2 heterocycles. The SMILES string of the molecule is Cl.Cl.O.O.O.c1ccc2ncccc2c1.c1ccc2ncccc2c1. The van der Waals surface area contributed by atoms with Crippen molar-refractivity contribution in [2.45, 2.75) is 0 Å². The van der Waals surface area contributed by atoms with E-state index in [1.807, 2.05) is 60.9 Å². The van der Waals surface area contributed by atoms with E-state index < -0.39 is 0 Å². The summed E-state index contributed by atoms with van der Waals surface area (Å²) in [5, 5.41) is 2.40. The van der Waals surface area contributed by atoms with E-state index in [1.165, 1.54) is 10.8 Å². The molecule has 7 heteroatoms. The van der Waals surface area contributed by atoms with Crippen LogP contribution in [0.2, 0.25) is 0 Å². The summed E-state index contributed by atoms with van der Waals surface area (Å²) in [6, 6.07) is 24.2. The van der Waals surface area contributed by atoms with Crippen molar-refractivity contribution < 1.29 is 16.4 Å². The molecule has 25 heavy (non-hydrogen) atoms. The topological polar surface area (TPSA) is 120 Å². The van der Waals surface area contributed by atoms with Gasteiger partial charge in [-0.3, -0.25) is 9.97 Å². The number of aromatic nitrogens is 2. The zero-order valence-electron chi connectivity index (χ0n) is 13.3. The second-order valence-electron chi connectivity index (χ2n) is 4.39. The predicted molar refractivity (Wildman–Crippen MR) is 109 cm³/mol. The summed E-state index contributed by atoms with van der Waals surface area (Å²) in [6.07, 6.45) is 3.62. The van der Waals surface area contributed by atoms with Crippen LogP contribution < -0.4 is 0 Å². The molecule has 2 aromatic carbocycles. The molecule has 0 fully saturated rings. The summed E-state index contributed by atoms with van der Waals surface area (Å²) in [5.74, 6) is 0. The first-order valence-corrected chi connectivity index (χ1v) is 6.53. The quantitative estimate of drug-likeness (QED) is 0.462. The van der Waals surface area contributed by atoms with Gasteiger partial charge in [-0.25, -0.2) is 0 Å². The van der Waals surface area contributed by atoms with Gasteiger partial charge in [0.05, 0.1) is 11.0 Å². The van der Waals surface area contributed by atoms with E-state index in [0.717, 1.165) is 11.0 Å². The second-order valence-corrected chi connectivity index (χ2v) is 4.39. The first-order chi connectivity index (χ1) is 9.93. The van der Waals surface area contributed by atoms with Crippen LogP contribution in [0.1, 0.15) is 0 Å². The molecule has 0 aliphatic carbocycles. The standard InChI is InChI=1S/2C9H7N.2ClH.3H2O/c2*1-2-6-9-8(4-1)5-3-7-10-9;;;;;/h2*1-7H;2*1H;3*1H2. The Labute approximate surface area is 158 Å². The summed E-state index contributed by atoms with van der Waals surface area (Å²) in [7, 11) is 0. The van der Waals surface area contributed by atoms with Crippen molar-refractivity contribution in [1.29, 1.82) is 0 Å². The van der Waals surface area contributed by atoms with Crippen LogP contribution in [0.4, 0.5) is 0 Å². The van der Waals surface area contributed by atoms with Crippen molar-refractivity contribution >= 4 is 46.6 Å². The van der Waals surface area contributed by atoms with Crippen LogP contribution in [0.3, 0.4) is 0 Å². The Morgan fingerprint density at radius 3 is 1.12 bits per heavy atom. The van der Waals surface area contributed by atoms with Crippen LogP contribution in [-0.2, 0) is 0 Å². The van der Waals surface area contributed by atoms with Gasteiger partial charge in [0.1, 0.15) is 0 Å². The number of hydrogen-bond acceptors (Lipinski definition) is 2. The lowest BCUT2D eigenvalue weighted by atomic mass is 10.2. The average molecular weight is 385 g/mol. The van der Waals surface area contributed by atoms with Crippen molar-refractivity contribution in [2.24, 2.45) is 0 Å². The molecule has 0 atom stereocenters. The Kier molecular flexibility index (Phi) is 15.5. The van der Waals surface area contributed by atoms with E-state index in [9.17, 15) is 0 Å². The molecule has 5 nitrogen and oxygen atoms in total. The van der Waals surface area contributed by atoms with Gasteiger partial charge in [0.15, 0.2) is 0 Å². The van der Waals surface area contributed by atoms with E-state index in [-0.39, 0.29) is 41.2 Å². The lowest BCUT2D eigenvalue weighted by Crippen LogP contribution is -1.73. The molecule has 0 aliphatic heterocycles. The molecule has 6 N–H and O–H groups in total. The minimum Gasteiger partial charge on any atom is -0.412 e. The lowest BCUT2D eigenvalue weighted by Gasteiger charge is -1.91. The van der Waals surface area contributed by atoms with E-state index in [0.29, 0.717) is 0 Å². The van der Waals surface area contributed by atoms with Gasteiger partial charge in [-0.2, -0.15) is 0 Å². The maximum Gasteiger partial charge on any atom is 0.0701 e. The Morgan fingerprint density at radius 1 is 0.440 bits per heavy atom. The number of benzene rings is 2. The van der Waals surface area contributed by atoms with Crippen molar-refractivity contribution in [3.05, 3.63) is 85.2 Å². The molecule has 0 radical (unpaired) electrons. The summed E-state index contributed by atoms with van der Waals surface area (Å²) in [4.78, 5) is 8.36. The molecule has 0 saturated heterocycles. The number of para-hydroxylation sites is 2. The minimum absolute atomic E-state index is 0. The first kappa shape index (κ1) is 27.6. The molecule has 4 aromatic rings. The first-order valence-electron chi connectivity index (χ1n) is 6.53. The largest absolute Gasteiger partial charge is 0.412 e. The number of pyridine rings is 2. The molecule has 0 bridgehead atoms. The fourth-order valence-corrected chi connectivity index (χ4v) is 2.03. The Hall–Kier alpha value is -2.28. The van der Waals surface area contributed by atoms with Crippen LogP contribution in [0.5, 0.6) is 0 Å². The minimum atomic E-state index is 0. The lowest BCUT2D eigenvalue weighted by molar-refractivity contribution is 0.823. The molecular formula is C18H22Cl2N2O3. The molecule has 0 unspecified atom stereocenters. The molecule has 0 spiro atoms. The van der Waals surface area contributed by atoms with Gasteiger partial charge in [-0.15, -0.1) is 24.8 Å². The summed E-state index contributed by atoms with van der Waals surface area (Å²) < 4.78 is 0. The fourth-order valence-electron chi connectivity index (χ4n) is 2.03. The van der Waals surface area contributed by atoms with Crippen LogP contribution in [-0.4, -0.2) is 26.4 Å². The van der Waals surface area contributed by atoms with Crippen molar-refractivity contribution in [2.75, 3.05) is 0 Å². The normalized spacial score (nSPS) is 8.00. The molecule has 2 aromatic heterocycles. The summed E-state index contributed by atoms with van der Waals surface area (Å²) in [5.41, 5.74) is 2.12. The van der Waals surface area contributed by atoms with Gasteiger partial charge in [0.25, 0.3) is 0 Å². The third kappa shape index (κ3) is 7.43. The average Bonchev–Trinajstić information content (AvgIpc) is 2.56. The smallest absolute Gasteiger partial charge is 0.0701 e. The Balaban J connectivity index is -0.000000323. The van der Waals surface area contributed by atoms with Gasteiger partial charge < -0.3 is 16.4 Å². The number of halogens is 2. The third-order valence-corrected chi connectivity index (χ3v) is 3.02. The zero-order valence-corrected chi connectivity index (χ0v) is 14.9. The van der Waals surface area contributed by atoms with Gasteiger partial charge in [0.2, 0.25) is 0 Å². The number of rotatable bonds is 0. The zero-order chi connectivity index (χ0) is 13.6. The van der Waals surface area contributed by atoms with Crippen LogP contribution in [0, 0.1) is 0 Å². The van der Waals surface area contributed by atoms with Crippen molar-refractivity contribution in [1.82, 2.24) is 9.97 Å². The van der Waals surface area contributed by atoms with Crippen LogP contribution in [0.15, 0.2) is 85.2 Å². The Bertz CT molecular complexity index is 646. The van der Waals surface area contributed by atoms with Gasteiger partial charge in [-0.1, -0.05) is 48.5 Å². The molecule has 0 saturated carbocycles. The molecule has 0 amide bonds. The van der Waals surface area contributed by atoms with E-state index in [1.54, 1.807) is 0 Å². The number of fused-ring (bicyclic) bond motifs is 2. The van der Waals surface area contributed by atoms with Gasteiger partial charge >= 0.3 is 0 Å². The molecule has 4 rings (SSSR count). The summed E-state index contributed by atoms with van der Waals surface area (Å²) >= 11 is 0.